The standard InChI is InChI=1S/C14H18N4O3S/c1-8(2)13-16-17-14(22)18(13)15-7-9-5-10(20-3)12(19)11(6-9)21-4/h5-8,19H,1-4H3,(H,17,22)/b15-7-. The molecular weight excluding hydrogens is 304 g/mol. The summed E-state index contributed by atoms with van der Waals surface area (Å²) in [5, 5.41) is 21.1. The van der Waals surface area contributed by atoms with E-state index in [4.69, 9.17) is 21.7 Å². The molecule has 0 aliphatic heterocycles. The number of aromatic amines is 1. The summed E-state index contributed by atoms with van der Waals surface area (Å²) < 4.78 is 12.2. The van der Waals surface area contributed by atoms with Crippen molar-refractivity contribution >= 4 is 18.4 Å². The lowest BCUT2D eigenvalue weighted by Gasteiger charge is -2.09. The monoisotopic (exact) mass is 322 g/mol. The smallest absolute Gasteiger partial charge is 0.216 e. The van der Waals surface area contributed by atoms with Gasteiger partial charge in [-0.15, -0.1) is 0 Å². The third-order valence-corrected chi connectivity index (χ3v) is 3.28. The first-order chi connectivity index (χ1) is 10.5. The molecule has 0 saturated heterocycles. The van der Waals surface area contributed by atoms with Crippen molar-refractivity contribution in [3.63, 3.8) is 0 Å². The molecule has 2 N–H and O–H groups in total. The highest BCUT2D eigenvalue weighted by atomic mass is 32.1. The average molecular weight is 322 g/mol. The van der Waals surface area contributed by atoms with Crippen LogP contribution in [-0.2, 0) is 0 Å². The van der Waals surface area contributed by atoms with E-state index in [-0.39, 0.29) is 11.7 Å². The zero-order valence-corrected chi connectivity index (χ0v) is 13.6. The van der Waals surface area contributed by atoms with Gasteiger partial charge in [0.05, 0.1) is 20.4 Å². The summed E-state index contributed by atoms with van der Waals surface area (Å²) in [6.45, 7) is 4.01. The highest BCUT2D eigenvalue weighted by Gasteiger charge is 2.11. The van der Waals surface area contributed by atoms with E-state index in [1.165, 1.54) is 14.2 Å². The molecule has 7 nitrogen and oxygen atoms in total. The molecule has 0 atom stereocenters. The van der Waals surface area contributed by atoms with E-state index >= 15 is 0 Å². The maximum atomic E-state index is 9.90. The van der Waals surface area contributed by atoms with Crippen LogP contribution in [0.2, 0.25) is 0 Å². The second-order valence-electron chi connectivity index (χ2n) is 4.87. The molecule has 2 rings (SSSR count). The zero-order valence-electron chi connectivity index (χ0n) is 12.8. The summed E-state index contributed by atoms with van der Waals surface area (Å²) in [6.07, 6.45) is 1.60. The molecule has 0 aliphatic rings. The number of H-pyrrole nitrogens is 1. The van der Waals surface area contributed by atoms with Crippen LogP contribution in [0.25, 0.3) is 0 Å². The highest BCUT2D eigenvalue weighted by molar-refractivity contribution is 7.71. The first-order valence-electron chi connectivity index (χ1n) is 6.64. The molecule has 0 radical (unpaired) electrons. The minimum Gasteiger partial charge on any atom is -0.502 e. The fourth-order valence-electron chi connectivity index (χ4n) is 1.90. The maximum Gasteiger partial charge on any atom is 0.216 e. The Kier molecular flexibility index (Phi) is 4.81. The van der Waals surface area contributed by atoms with E-state index in [1.54, 1.807) is 23.0 Å². The van der Waals surface area contributed by atoms with Crippen molar-refractivity contribution in [2.24, 2.45) is 5.10 Å². The molecule has 0 aliphatic carbocycles. The van der Waals surface area contributed by atoms with Crippen molar-refractivity contribution in [2.45, 2.75) is 19.8 Å². The second-order valence-corrected chi connectivity index (χ2v) is 5.26. The number of benzene rings is 1. The van der Waals surface area contributed by atoms with Gasteiger partial charge >= 0.3 is 0 Å². The largest absolute Gasteiger partial charge is 0.502 e. The molecule has 1 aromatic carbocycles. The van der Waals surface area contributed by atoms with Crippen LogP contribution < -0.4 is 9.47 Å². The molecule has 0 spiro atoms. The third kappa shape index (κ3) is 3.11. The SMILES string of the molecule is COc1cc(/C=N\n2c(C(C)C)n[nH]c2=S)cc(OC)c1O. The predicted molar refractivity (Wildman–Crippen MR) is 85.7 cm³/mol. The van der Waals surface area contributed by atoms with Crippen molar-refractivity contribution in [3.8, 4) is 17.2 Å². The first kappa shape index (κ1) is 16.0. The Morgan fingerprint density at radius 2 is 1.91 bits per heavy atom. The van der Waals surface area contributed by atoms with Crippen molar-refractivity contribution in [3.05, 3.63) is 28.3 Å². The molecule has 1 aromatic heterocycles. The molecule has 22 heavy (non-hydrogen) atoms. The summed E-state index contributed by atoms with van der Waals surface area (Å²) >= 11 is 5.17. The summed E-state index contributed by atoms with van der Waals surface area (Å²) in [5.74, 6) is 1.47. The Labute approximate surface area is 133 Å². The number of phenolic OH excluding ortho intramolecular Hbond substituents is 1. The van der Waals surface area contributed by atoms with Crippen LogP contribution >= 0.6 is 12.2 Å². The van der Waals surface area contributed by atoms with Crippen molar-refractivity contribution < 1.29 is 14.6 Å². The van der Waals surface area contributed by atoms with E-state index in [9.17, 15) is 5.11 Å². The number of methoxy groups -OCH3 is 2. The van der Waals surface area contributed by atoms with Gasteiger partial charge in [0.15, 0.2) is 17.3 Å². The Bertz CT molecular complexity index is 724. The normalized spacial score (nSPS) is 11.3. The number of aromatic hydroxyl groups is 1. The lowest BCUT2D eigenvalue weighted by Crippen LogP contribution is -2.01. The van der Waals surface area contributed by atoms with Gasteiger partial charge in [-0.1, -0.05) is 13.8 Å². The van der Waals surface area contributed by atoms with E-state index in [2.05, 4.69) is 15.3 Å². The molecular formula is C14H18N4O3S. The fourth-order valence-corrected chi connectivity index (χ4v) is 2.09. The van der Waals surface area contributed by atoms with E-state index in [0.717, 1.165) is 5.82 Å². The van der Waals surface area contributed by atoms with Crippen LogP contribution in [0.15, 0.2) is 17.2 Å². The van der Waals surface area contributed by atoms with Gasteiger partial charge in [0.1, 0.15) is 0 Å². The van der Waals surface area contributed by atoms with Crippen LogP contribution in [0.3, 0.4) is 0 Å². The van der Waals surface area contributed by atoms with Crippen molar-refractivity contribution in [1.82, 2.24) is 14.9 Å². The Morgan fingerprint density at radius 3 is 2.41 bits per heavy atom. The quantitative estimate of drug-likeness (QED) is 0.653. The van der Waals surface area contributed by atoms with Crippen molar-refractivity contribution in [2.75, 3.05) is 14.2 Å². The van der Waals surface area contributed by atoms with Crippen LogP contribution in [0.4, 0.5) is 0 Å². The highest BCUT2D eigenvalue weighted by Crippen LogP contribution is 2.36. The molecule has 0 amide bonds. The van der Waals surface area contributed by atoms with Gasteiger partial charge < -0.3 is 14.6 Å². The molecule has 1 heterocycles. The number of nitrogens with zero attached hydrogens (tertiary/aromatic N) is 3. The lowest BCUT2D eigenvalue weighted by atomic mass is 10.2. The molecule has 0 unspecified atom stereocenters. The number of aromatic nitrogens is 3. The molecule has 0 fully saturated rings. The van der Waals surface area contributed by atoms with Gasteiger partial charge in [-0.2, -0.15) is 14.9 Å². The van der Waals surface area contributed by atoms with Gasteiger partial charge in [-0.3, -0.25) is 5.10 Å². The number of rotatable bonds is 5. The van der Waals surface area contributed by atoms with Crippen LogP contribution in [0, 0.1) is 4.77 Å². The number of hydrogen-bond acceptors (Lipinski definition) is 6. The lowest BCUT2D eigenvalue weighted by molar-refractivity contribution is 0.340. The van der Waals surface area contributed by atoms with E-state index in [0.29, 0.717) is 21.8 Å². The van der Waals surface area contributed by atoms with Crippen LogP contribution in [0.5, 0.6) is 17.2 Å². The summed E-state index contributed by atoms with van der Waals surface area (Å²) in [6, 6.07) is 3.31. The van der Waals surface area contributed by atoms with Crippen LogP contribution in [-0.4, -0.2) is 40.4 Å². The van der Waals surface area contributed by atoms with Gasteiger partial charge in [-0.05, 0) is 24.4 Å². The topological polar surface area (TPSA) is 84.7 Å². The van der Waals surface area contributed by atoms with Crippen molar-refractivity contribution in [1.29, 1.82) is 0 Å². The molecule has 8 heteroatoms. The Morgan fingerprint density at radius 1 is 1.32 bits per heavy atom. The maximum absolute atomic E-state index is 9.90. The molecule has 0 bridgehead atoms. The number of ether oxygens (including phenoxy) is 2. The molecule has 118 valence electrons. The average Bonchev–Trinajstić information content (AvgIpc) is 2.87. The molecule has 0 saturated carbocycles. The first-order valence-corrected chi connectivity index (χ1v) is 7.05. The second kappa shape index (κ2) is 6.61. The van der Waals surface area contributed by atoms with E-state index in [1.807, 2.05) is 13.8 Å². The number of phenols is 1. The van der Waals surface area contributed by atoms with Gasteiger partial charge in [-0.25, -0.2) is 0 Å². The molecule has 2 aromatic rings. The minimum atomic E-state index is -0.0510. The number of hydrogen-bond donors (Lipinski definition) is 2. The Balaban J connectivity index is 2.43. The zero-order chi connectivity index (χ0) is 16.3. The summed E-state index contributed by atoms with van der Waals surface area (Å²) in [7, 11) is 2.94. The number of nitrogens with one attached hydrogen (secondary N) is 1. The minimum absolute atomic E-state index is 0.0510. The third-order valence-electron chi connectivity index (χ3n) is 3.02. The van der Waals surface area contributed by atoms with Gasteiger partial charge in [0.25, 0.3) is 0 Å². The van der Waals surface area contributed by atoms with Gasteiger partial charge in [0.2, 0.25) is 10.5 Å². The van der Waals surface area contributed by atoms with Crippen LogP contribution in [0.1, 0.15) is 31.2 Å². The summed E-state index contributed by atoms with van der Waals surface area (Å²) in [4.78, 5) is 0. The van der Waals surface area contributed by atoms with Gasteiger partial charge in [0, 0.05) is 11.5 Å². The fraction of sp³-hybridized carbons (Fsp3) is 0.357. The summed E-state index contributed by atoms with van der Waals surface area (Å²) in [5.41, 5.74) is 0.698. The Hall–Kier alpha value is -2.35. The predicted octanol–water partition coefficient (Wildman–Crippen LogP) is 2.67. The van der Waals surface area contributed by atoms with E-state index < -0.39 is 0 Å².